The molecule has 8 heteroatoms. The van der Waals surface area contributed by atoms with Crippen molar-refractivity contribution in [3.8, 4) is 0 Å². The number of nitrogens with one attached hydrogen (secondary N) is 3. The van der Waals surface area contributed by atoms with Crippen LogP contribution in [0.3, 0.4) is 0 Å². The molecule has 0 saturated carbocycles. The summed E-state index contributed by atoms with van der Waals surface area (Å²) in [4.78, 5) is 21.8. The summed E-state index contributed by atoms with van der Waals surface area (Å²) in [6.07, 6.45) is 0. The lowest BCUT2D eigenvalue weighted by Crippen LogP contribution is -2.36. The number of thiazole rings is 1. The van der Waals surface area contributed by atoms with Gasteiger partial charge < -0.3 is 16.0 Å². The number of aromatic nitrogens is 1. The number of aryl methyl sites for hydroxylation is 2. The first-order valence-corrected chi connectivity index (χ1v) is 9.11. The maximum absolute atomic E-state index is 11.6. The number of carbonyl (C=O) groups is 1. The van der Waals surface area contributed by atoms with Crippen LogP contribution in [0.15, 0.2) is 29.3 Å². The summed E-state index contributed by atoms with van der Waals surface area (Å²) in [6, 6.07) is 7.48. The maximum Gasteiger partial charge on any atom is 0.251 e. The van der Waals surface area contributed by atoms with Crippen LogP contribution in [-0.2, 0) is 13.1 Å². The van der Waals surface area contributed by atoms with Crippen LogP contribution in [0.5, 0.6) is 0 Å². The summed E-state index contributed by atoms with van der Waals surface area (Å²) in [5.41, 5.74) is 2.77. The van der Waals surface area contributed by atoms with Crippen LogP contribution in [0, 0.1) is 13.8 Å². The molecule has 0 bridgehead atoms. The second kappa shape index (κ2) is 11.1. The number of guanidine groups is 1. The number of carbonyl (C=O) groups excluding carboxylic acids is 1. The molecule has 26 heavy (non-hydrogen) atoms. The third-order valence-corrected chi connectivity index (χ3v) is 4.70. The average molecular weight is 487 g/mol. The Morgan fingerprint density at radius 3 is 2.42 bits per heavy atom. The van der Waals surface area contributed by atoms with E-state index >= 15 is 0 Å². The van der Waals surface area contributed by atoms with Crippen molar-refractivity contribution in [2.75, 3.05) is 13.6 Å². The standard InChI is InChI=1S/C18H25N5OS.HI/c1-5-20-18(22-11-16-12(2)23-13(3)25-16)21-10-14-6-8-15(9-7-14)17(24)19-4;/h6-9H,5,10-11H2,1-4H3,(H,19,24)(H2,20,21,22);1H. The molecular formula is C18H26IN5OS. The van der Waals surface area contributed by atoms with Crippen molar-refractivity contribution in [3.05, 3.63) is 51.0 Å². The van der Waals surface area contributed by atoms with Crippen molar-refractivity contribution in [2.24, 2.45) is 4.99 Å². The molecule has 0 spiro atoms. The number of hydrogen-bond acceptors (Lipinski definition) is 4. The lowest BCUT2D eigenvalue weighted by atomic mass is 10.1. The van der Waals surface area contributed by atoms with E-state index in [0.29, 0.717) is 18.7 Å². The van der Waals surface area contributed by atoms with E-state index < -0.39 is 0 Å². The van der Waals surface area contributed by atoms with Gasteiger partial charge in [-0.25, -0.2) is 9.98 Å². The molecule has 0 aliphatic rings. The van der Waals surface area contributed by atoms with E-state index in [0.717, 1.165) is 28.8 Å². The maximum atomic E-state index is 11.6. The van der Waals surface area contributed by atoms with E-state index in [1.165, 1.54) is 4.88 Å². The Morgan fingerprint density at radius 1 is 1.19 bits per heavy atom. The molecule has 0 aliphatic heterocycles. The third kappa shape index (κ3) is 6.56. The molecule has 2 aromatic rings. The van der Waals surface area contributed by atoms with Gasteiger partial charge in [0.2, 0.25) is 0 Å². The SMILES string of the molecule is CCNC(=NCc1ccc(C(=O)NC)cc1)NCc1sc(C)nc1C.I. The zero-order valence-electron chi connectivity index (χ0n) is 15.5. The van der Waals surface area contributed by atoms with E-state index in [1.54, 1.807) is 18.4 Å². The molecule has 0 unspecified atom stereocenters. The van der Waals surface area contributed by atoms with E-state index in [2.05, 4.69) is 25.9 Å². The van der Waals surface area contributed by atoms with Gasteiger partial charge in [-0.3, -0.25) is 4.79 Å². The van der Waals surface area contributed by atoms with E-state index in [4.69, 9.17) is 0 Å². The minimum atomic E-state index is -0.0831. The van der Waals surface area contributed by atoms with Crippen molar-refractivity contribution in [3.63, 3.8) is 0 Å². The first-order chi connectivity index (χ1) is 12.0. The van der Waals surface area contributed by atoms with Gasteiger partial charge in [0.05, 0.1) is 23.8 Å². The van der Waals surface area contributed by atoms with Gasteiger partial charge in [0.25, 0.3) is 5.91 Å². The number of rotatable bonds is 6. The number of hydrogen-bond donors (Lipinski definition) is 3. The Kier molecular flexibility index (Phi) is 9.57. The van der Waals surface area contributed by atoms with Crippen LogP contribution in [-0.4, -0.2) is 30.4 Å². The fraction of sp³-hybridized carbons (Fsp3) is 0.389. The molecule has 142 valence electrons. The van der Waals surface area contributed by atoms with Gasteiger partial charge in [-0.15, -0.1) is 35.3 Å². The van der Waals surface area contributed by atoms with Crippen LogP contribution < -0.4 is 16.0 Å². The van der Waals surface area contributed by atoms with E-state index in [1.807, 2.05) is 45.0 Å². The first-order valence-electron chi connectivity index (χ1n) is 8.29. The largest absolute Gasteiger partial charge is 0.357 e. The molecule has 0 fully saturated rings. The zero-order chi connectivity index (χ0) is 18.2. The third-order valence-electron chi connectivity index (χ3n) is 3.62. The normalized spacial score (nSPS) is 10.8. The van der Waals surface area contributed by atoms with E-state index in [9.17, 15) is 4.79 Å². The Balaban J connectivity index is 0.00000338. The van der Waals surface area contributed by atoms with Crippen LogP contribution in [0.1, 0.15) is 38.4 Å². The average Bonchev–Trinajstić information content (AvgIpc) is 2.94. The summed E-state index contributed by atoms with van der Waals surface area (Å²) < 4.78 is 0. The molecule has 1 aromatic carbocycles. The van der Waals surface area contributed by atoms with Gasteiger partial charge in [-0.2, -0.15) is 0 Å². The lowest BCUT2D eigenvalue weighted by molar-refractivity contribution is 0.0963. The molecule has 1 amide bonds. The Morgan fingerprint density at radius 2 is 1.88 bits per heavy atom. The number of amides is 1. The highest BCUT2D eigenvalue weighted by molar-refractivity contribution is 14.0. The van der Waals surface area contributed by atoms with Crippen molar-refractivity contribution >= 4 is 47.2 Å². The highest BCUT2D eigenvalue weighted by Crippen LogP contribution is 2.16. The van der Waals surface area contributed by atoms with Crippen molar-refractivity contribution < 1.29 is 4.79 Å². The molecular weight excluding hydrogens is 461 g/mol. The number of benzene rings is 1. The number of halogens is 1. The Bertz CT molecular complexity index is 743. The molecule has 0 aliphatic carbocycles. The first kappa shape index (κ1) is 22.4. The zero-order valence-corrected chi connectivity index (χ0v) is 18.7. The van der Waals surface area contributed by atoms with Crippen molar-refractivity contribution in [1.29, 1.82) is 0 Å². The van der Waals surface area contributed by atoms with Crippen molar-refractivity contribution in [2.45, 2.75) is 33.9 Å². The monoisotopic (exact) mass is 487 g/mol. The second-order valence-electron chi connectivity index (χ2n) is 5.57. The van der Waals surface area contributed by atoms with Crippen LogP contribution in [0.2, 0.25) is 0 Å². The van der Waals surface area contributed by atoms with Gasteiger partial charge in [0.15, 0.2) is 5.96 Å². The molecule has 0 saturated heterocycles. The van der Waals surface area contributed by atoms with Gasteiger partial charge in [-0.05, 0) is 38.5 Å². The summed E-state index contributed by atoms with van der Waals surface area (Å²) in [6.45, 7) is 8.13. The molecule has 1 aromatic heterocycles. The van der Waals surface area contributed by atoms with Gasteiger partial charge >= 0.3 is 0 Å². The smallest absolute Gasteiger partial charge is 0.251 e. The van der Waals surface area contributed by atoms with Crippen molar-refractivity contribution in [1.82, 2.24) is 20.9 Å². The fourth-order valence-corrected chi connectivity index (χ4v) is 3.20. The predicted molar refractivity (Wildman–Crippen MR) is 118 cm³/mol. The summed E-state index contributed by atoms with van der Waals surface area (Å²) >= 11 is 1.70. The minimum absolute atomic E-state index is 0. The molecule has 1 heterocycles. The Labute approximate surface area is 175 Å². The van der Waals surface area contributed by atoms with Crippen LogP contribution in [0.25, 0.3) is 0 Å². The fourth-order valence-electron chi connectivity index (χ4n) is 2.32. The van der Waals surface area contributed by atoms with Crippen LogP contribution >= 0.6 is 35.3 Å². The quantitative estimate of drug-likeness (QED) is 0.333. The minimum Gasteiger partial charge on any atom is -0.357 e. The summed E-state index contributed by atoms with van der Waals surface area (Å²) in [5, 5.41) is 10.3. The molecule has 2 rings (SSSR count). The molecule has 3 N–H and O–H groups in total. The summed E-state index contributed by atoms with van der Waals surface area (Å²) in [7, 11) is 1.63. The number of nitrogens with zero attached hydrogens (tertiary/aromatic N) is 2. The second-order valence-corrected chi connectivity index (χ2v) is 6.85. The highest BCUT2D eigenvalue weighted by Gasteiger charge is 2.06. The lowest BCUT2D eigenvalue weighted by Gasteiger charge is -2.11. The summed E-state index contributed by atoms with van der Waals surface area (Å²) in [5.74, 6) is 0.684. The van der Waals surface area contributed by atoms with Crippen LogP contribution in [0.4, 0.5) is 0 Å². The van der Waals surface area contributed by atoms with Gasteiger partial charge in [-0.1, -0.05) is 12.1 Å². The number of aliphatic imine (C=N–C) groups is 1. The highest BCUT2D eigenvalue weighted by atomic mass is 127. The predicted octanol–water partition coefficient (Wildman–Crippen LogP) is 2.99. The topological polar surface area (TPSA) is 78.4 Å². The molecule has 0 atom stereocenters. The molecule has 6 nitrogen and oxygen atoms in total. The van der Waals surface area contributed by atoms with E-state index in [-0.39, 0.29) is 29.9 Å². The Hall–Kier alpha value is -1.68. The van der Waals surface area contributed by atoms with Gasteiger partial charge in [0.1, 0.15) is 0 Å². The molecule has 0 radical (unpaired) electrons. The van der Waals surface area contributed by atoms with Gasteiger partial charge in [0, 0.05) is 24.0 Å².